The van der Waals surface area contributed by atoms with E-state index in [2.05, 4.69) is 19.9 Å². The highest BCUT2D eigenvalue weighted by molar-refractivity contribution is 6.13. The Morgan fingerprint density at radius 1 is 1.41 bits per heavy atom. The van der Waals surface area contributed by atoms with Gasteiger partial charge < -0.3 is 26.8 Å². The first kappa shape index (κ1) is 20.1. The number of guanidine groups is 1. The van der Waals surface area contributed by atoms with Crippen molar-refractivity contribution in [2.75, 3.05) is 13.1 Å². The van der Waals surface area contributed by atoms with Crippen molar-refractivity contribution in [1.29, 1.82) is 10.8 Å². The first-order chi connectivity index (χ1) is 13.1. The summed E-state index contributed by atoms with van der Waals surface area (Å²) >= 11 is 0. The van der Waals surface area contributed by atoms with Crippen molar-refractivity contribution >= 4 is 35.0 Å². The summed E-state index contributed by atoms with van der Waals surface area (Å²) in [7, 11) is 0. The molecule has 0 amide bonds. The molecule has 0 saturated heterocycles. The van der Waals surface area contributed by atoms with E-state index in [1.54, 1.807) is 12.4 Å². The van der Waals surface area contributed by atoms with Crippen LogP contribution in [0.3, 0.4) is 0 Å². The highest BCUT2D eigenvalue weighted by atomic mass is 15.2. The summed E-state index contributed by atoms with van der Waals surface area (Å²) in [6.07, 6.45) is 9.91. The lowest BCUT2D eigenvalue weighted by atomic mass is 10.1. The number of nitrogens with two attached hydrogens (primary N) is 2. The molecule has 2 heterocycles. The van der Waals surface area contributed by atoms with Gasteiger partial charge in [0.1, 0.15) is 12.0 Å². The van der Waals surface area contributed by atoms with Gasteiger partial charge in [-0.25, -0.2) is 9.97 Å². The Hall–Kier alpha value is -3.23. The third-order valence-corrected chi connectivity index (χ3v) is 4.19. The molecule has 1 atom stereocenters. The zero-order valence-electron chi connectivity index (χ0n) is 15.5. The van der Waals surface area contributed by atoms with E-state index in [4.69, 9.17) is 22.3 Å². The lowest BCUT2D eigenvalue weighted by Crippen LogP contribution is -2.38. The second-order valence-electron chi connectivity index (χ2n) is 6.12. The van der Waals surface area contributed by atoms with E-state index in [9.17, 15) is 0 Å². The summed E-state index contributed by atoms with van der Waals surface area (Å²) in [5.41, 5.74) is 13.6. The molecule has 0 radical (unpaired) electrons. The van der Waals surface area contributed by atoms with E-state index in [-0.39, 0.29) is 12.0 Å². The van der Waals surface area contributed by atoms with Crippen LogP contribution in [0.1, 0.15) is 31.9 Å². The third kappa shape index (κ3) is 5.37. The summed E-state index contributed by atoms with van der Waals surface area (Å²) in [5.74, 6) is 0.0628. The van der Waals surface area contributed by atoms with Crippen molar-refractivity contribution in [3.63, 3.8) is 0 Å². The molecule has 7 N–H and O–H groups in total. The minimum atomic E-state index is -0.0975. The molecule has 0 saturated carbocycles. The number of H-pyrrole nitrogens is 1. The monoisotopic (exact) mass is 369 g/mol. The fourth-order valence-electron chi connectivity index (χ4n) is 2.79. The van der Waals surface area contributed by atoms with E-state index in [1.165, 1.54) is 18.7 Å². The molecule has 2 rings (SSSR count). The van der Waals surface area contributed by atoms with Crippen LogP contribution in [0.15, 0.2) is 29.8 Å². The fourth-order valence-corrected chi connectivity index (χ4v) is 2.79. The van der Waals surface area contributed by atoms with Crippen LogP contribution in [0.25, 0.3) is 16.6 Å². The second kappa shape index (κ2) is 10.0. The maximum atomic E-state index is 7.65. The summed E-state index contributed by atoms with van der Waals surface area (Å²) in [5, 5.41) is 15.9. The Morgan fingerprint density at radius 2 is 2.22 bits per heavy atom. The Bertz CT molecular complexity index is 821. The topological polar surface area (TPSA) is 157 Å². The minimum Gasteiger partial charge on any atom is -0.404 e. The van der Waals surface area contributed by atoms with Gasteiger partial charge in [-0.2, -0.15) is 0 Å². The van der Waals surface area contributed by atoms with E-state index in [0.29, 0.717) is 30.7 Å². The Morgan fingerprint density at radius 3 is 2.89 bits per heavy atom. The van der Waals surface area contributed by atoms with Gasteiger partial charge in [0.15, 0.2) is 5.96 Å². The van der Waals surface area contributed by atoms with Crippen LogP contribution in [0.5, 0.6) is 0 Å². The van der Waals surface area contributed by atoms with Crippen LogP contribution >= 0.6 is 0 Å². The summed E-state index contributed by atoms with van der Waals surface area (Å²) in [6.45, 7) is 3.40. The Kier molecular flexibility index (Phi) is 7.48. The SMILES string of the molecule is CCCN(CCC(CC=N)N=CC(=CN)c1ncnc2[nH]ccc12)C(=N)N. The second-order valence-corrected chi connectivity index (χ2v) is 6.12. The number of fused-ring (bicyclic) bond motifs is 1. The van der Waals surface area contributed by atoms with Crippen LogP contribution in [0.4, 0.5) is 0 Å². The summed E-state index contributed by atoms with van der Waals surface area (Å²) in [4.78, 5) is 18.0. The number of aromatic nitrogens is 3. The third-order valence-electron chi connectivity index (χ3n) is 4.19. The molecule has 27 heavy (non-hydrogen) atoms. The maximum Gasteiger partial charge on any atom is 0.188 e. The summed E-state index contributed by atoms with van der Waals surface area (Å²) in [6, 6.07) is 1.80. The zero-order valence-corrected chi connectivity index (χ0v) is 15.5. The van der Waals surface area contributed by atoms with Crippen molar-refractivity contribution in [1.82, 2.24) is 19.9 Å². The van der Waals surface area contributed by atoms with Gasteiger partial charge in [0, 0.05) is 49.1 Å². The predicted molar refractivity (Wildman–Crippen MR) is 110 cm³/mol. The van der Waals surface area contributed by atoms with Gasteiger partial charge in [-0.05, 0) is 25.1 Å². The first-order valence-electron chi connectivity index (χ1n) is 8.92. The lowest BCUT2D eigenvalue weighted by Gasteiger charge is -2.23. The molecule has 0 fully saturated rings. The molecule has 2 aromatic heterocycles. The Labute approximate surface area is 158 Å². The van der Waals surface area contributed by atoms with Gasteiger partial charge in [0.05, 0.1) is 11.7 Å². The van der Waals surface area contributed by atoms with Crippen molar-refractivity contribution in [2.24, 2.45) is 16.5 Å². The molecular formula is C18H27N9. The molecule has 1 unspecified atom stereocenters. The van der Waals surface area contributed by atoms with Gasteiger partial charge in [0.2, 0.25) is 0 Å². The molecule has 0 spiro atoms. The molecule has 0 aromatic carbocycles. The normalized spacial score (nSPS) is 13.1. The first-order valence-corrected chi connectivity index (χ1v) is 8.92. The number of nitrogens with one attached hydrogen (secondary N) is 3. The predicted octanol–water partition coefficient (Wildman–Crippen LogP) is 1.73. The molecule has 2 aromatic rings. The number of allylic oxidation sites excluding steroid dienone is 1. The number of rotatable bonds is 10. The van der Waals surface area contributed by atoms with Gasteiger partial charge in [-0.3, -0.25) is 10.4 Å². The maximum absolute atomic E-state index is 7.65. The van der Waals surface area contributed by atoms with Crippen molar-refractivity contribution in [3.8, 4) is 0 Å². The van der Waals surface area contributed by atoms with Crippen molar-refractivity contribution in [3.05, 3.63) is 30.5 Å². The van der Waals surface area contributed by atoms with Crippen LogP contribution < -0.4 is 11.5 Å². The van der Waals surface area contributed by atoms with Gasteiger partial charge in [-0.15, -0.1) is 0 Å². The van der Waals surface area contributed by atoms with Crippen LogP contribution in [-0.4, -0.2) is 57.4 Å². The Balaban J connectivity index is 2.13. The summed E-state index contributed by atoms with van der Waals surface area (Å²) < 4.78 is 0. The number of nitrogens with zero attached hydrogens (tertiary/aromatic N) is 4. The molecule has 9 nitrogen and oxygen atoms in total. The zero-order chi connectivity index (χ0) is 19.6. The number of hydrogen-bond acceptors (Lipinski definition) is 6. The average molecular weight is 369 g/mol. The molecule has 0 aliphatic rings. The molecule has 0 aliphatic heterocycles. The van der Waals surface area contributed by atoms with Crippen molar-refractivity contribution in [2.45, 2.75) is 32.2 Å². The van der Waals surface area contributed by atoms with Crippen molar-refractivity contribution < 1.29 is 0 Å². The lowest BCUT2D eigenvalue weighted by molar-refractivity contribution is 0.387. The van der Waals surface area contributed by atoms with E-state index in [0.717, 1.165) is 24.0 Å². The number of hydrogen-bond donors (Lipinski definition) is 5. The van der Waals surface area contributed by atoms with Crippen LogP contribution in [0.2, 0.25) is 0 Å². The molecule has 144 valence electrons. The highest BCUT2D eigenvalue weighted by Gasteiger charge is 2.12. The molecule has 0 aliphatic carbocycles. The van der Waals surface area contributed by atoms with Gasteiger partial charge in [0.25, 0.3) is 0 Å². The van der Waals surface area contributed by atoms with Crippen LogP contribution in [-0.2, 0) is 0 Å². The van der Waals surface area contributed by atoms with E-state index in [1.807, 2.05) is 17.9 Å². The smallest absolute Gasteiger partial charge is 0.188 e. The number of aliphatic imine (C=N–C) groups is 1. The van der Waals surface area contributed by atoms with E-state index >= 15 is 0 Å². The molecular weight excluding hydrogens is 342 g/mol. The molecule has 0 bridgehead atoms. The largest absolute Gasteiger partial charge is 0.404 e. The number of aromatic amines is 1. The fraction of sp³-hybridized carbons (Fsp3) is 0.389. The molecule has 9 heteroatoms. The average Bonchev–Trinajstić information content (AvgIpc) is 3.14. The minimum absolute atomic E-state index is 0.0628. The van der Waals surface area contributed by atoms with Crippen LogP contribution in [0, 0.1) is 10.8 Å². The van der Waals surface area contributed by atoms with Gasteiger partial charge >= 0.3 is 0 Å². The standard InChI is InChI=1S/C18H27N9/c1-2-8-27(18(21)22)9-5-14(3-6-19)24-11-13(10-20)16-15-4-7-23-17(15)26-12-25-16/h4,6-7,10-12,14,19H,2-3,5,8-9,20H2,1H3,(H3,21,22)(H,23,25,26). The highest BCUT2D eigenvalue weighted by Crippen LogP contribution is 2.19. The van der Waals surface area contributed by atoms with Gasteiger partial charge in [-0.1, -0.05) is 6.92 Å². The van der Waals surface area contributed by atoms with E-state index < -0.39 is 0 Å². The quantitative estimate of drug-likeness (QED) is 0.318.